The first-order valence-corrected chi connectivity index (χ1v) is 11.6. The molecule has 31 heavy (non-hydrogen) atoms. The number of esters is 1. The highest BCUT2D eigenvalue weighted by Gasteiger charge is 2.40. The van der Waals surface area contributed by atoms with Crippen molar-refractivity contribution in [2.24, 2.45) is 11.8 Å². The number of allylic oxidation sites excluding steroid dienone is 2. The highest BCUT2D eigenvalue weighted by atomic mass is 16.5. The Morgan fingerprint density at radius 2 is 1.94 bits per heavy atom. The molecule has 1 aliphatic carbocycles. The number of unbranched alkanes of at least 4 members (excludes halogenated alkanes) is 1. The smallest absolute Gasteiger partial charge is 0.306 e. The van der Waals surface area contributed by atoms with Gasteiger partial charge in [0.1, 0.15) is 5.78 Å². The normalized spacial score (nSPS) is 22.4. The Kier molecular flexibility index (Phi) is 11.0. The second kappa shape index (κ2) is 13.4. The van der Waals surface area contributed by atoms with Gasteiger partial charge in [-0.25, -0.2) is 0 Å². The van der Waals surface area contributed by atoms with E-state index < -0.39 is 12.2 Å². The number of rotatable bonds is 13. The van der Waals surface area contributed by atoms with Crippen LogP contribution in [-0.2, 0) is 20.7 Å². The van der Waals surface area contributed by atoms with E-state index in [1.807, 2.05) is 44.2 Å². The lowest BCUT2D eigenvalue weighted by Crippen LogP contribution is -2.22. The van der Waals surface area contributed by atoms with Crippen LogP contribution in [0.3, 0.4) is 0 Å². The molecule has 1 aromatic rings. The number of ketones is 1. The molecule has 2 rings (SSSR count). The van der Waals surface area contributed by atoms with Gasteiger partial charge >= 0.3 is 5.97 Å². The summed E-state index contributed by atoms with van der Waals surface area (Å²) in [5.74, 6) is -0.340. The minimum absolute atomic E-state index is 0.0864. The maximum absolute atomic E-state index is 12.3. The SMILES string of the molecule is CC(C)OC(=O)CCCC=CC[C@H]1C(=O)C[C@@H](O)[C@@H]1CC[C@@H](O)CCc1ccccc1. The van der Waals surface area contributed by atoms with Crippen molar-refractivity contribution in [2.75, 3.05) is 0 Å². The van der Waals surface area contributed by atoms with E-state index in [9.17, 15) is 19.8 Å². The number of hydrogen-bond donors (Lipinski definition) is 2. The summed E-state index contributed by atoms with van der Waals surface area (Å²) in [5, 5.41) is 20.7. The van der Waals surface area contributed by atoms with Crippen LogP contribution in [0.4, 0.5) is 0 Å². The van der Waals surface area contributed by atoms with Crippen LogP contribution < -0.4 is 0 Å². The molecule has 0 bridgehead atoms. The van der Waals surface area contributed by atoms with E-state index in [0.717, 1.165) is 19.3 Å². The molecule has 2 N–H and O–H groups in total. The van der Waals surface area contributed by atoms with Gasteiger partial charge in [0.25, 0.3) is 0 Å². The zero-order chi connectivity index (χ0) is 22.6. The van der Waals surface area contributed by atoms with E-state index in [0.29, 0.717) is 32.1 Å². The van der Waals surface area contributed by atoms with Crippen LogP contribution in [0.1, 0.15) is 70.8 Å². The number of Topliss-reactive ketones (excluding diaryl/α,β-unsaturated/α-hetero) is 1. The quantitative estimate of drug-likeness (QED) is 0.275. The Balaban J connectivity index is 1.71. The standard InChI is InChI=1S/C26H38O5/c1-19(2)31-26(30)13-9-4-3-8-12-22-23(25(29)18-24(22)28)17-16-21(27)15-14-20-10-6-5-7-11-20/h3,5-8,10-11,19,21-23,25,27,29H,4,9,12-18H2,1-2H3/t21-,22+,23+,25+/m0/s1. The minimum Gasteiger partial charge on any atom is -0.463 e. The number of aliphatic hydroxyl groups is 2. The Hall–Kier alpha value is -1.98. The zero-order valence-electron chi connectivity index (χ0n) is 18.9. The van der Waals surface area contributed by atoms with Crippen LogP contribution >= 0.6 is 0 Å². The van der Waals surface area contributed by atoms with Crippen LogP contribution in [-0.4, -0.2) is 40.3 Å². The van der Waals surface area contributed by atoms with Gasteiger partial charge in [-0.15, -0.1) is 0 Å². The summed E-state index contributed by atoms with van der Waals surface area (Å²) < 4.78 is 5.11. The van der Waals surface area contributed by atoms with Crippen molar-refractivity contribution in [3.05, 3.63) is 48.0 Å². The number of hydrogen-bond acceptors (Lipinski definition) is 5. The third-order valence-corrected chi connectivity index (χ3v) is 5.95. The summed E-state index contributed by atoms with van der Waals surface area (Å²) in [5.41, 5.74) is 1.21. The number of aliphatic hydroxyl groups excluding tert-OH is 2. The predicted octanol–water partition coefficient (Wildman–Crippen LogP) is 4.39. The Labute approximate surface area is 186 Å². The van der Waals surface area contributed by atoms with Gasteiger partial charge in [-0.05, 0) is 70.3 Å². The van der Waals surface area contributed by atoms with E-state index in [1.54, 1.807) is 0 Å². The third-order valence-electron chi connectivity index (χ3n) is 5.95. The molecule has 0 saturated heterocycles. The van der Waals surface area contributed by atoms with Crippen LogP contribution in [0.2, 0.25) is 0 Å². The molecule has 5 nitrogen and oxygen atoms in total. The monoisotopic (exact) mass is 430 g/mol. The highest BCUT2D eigenvalue weighted by Crippen LogP contribution is 2.36. The van der Waals surface area contributed by atoms with Gasteiger partial charge in [-0.3, -0.25) is 9.59 Å². The molecule has 4 atom stereocenters. The summed E-state index contributed by atoms with van der Waals surface area (Å²) >= 11 is 0. The topological polar surface area (TPSA) is 83.8 Å². The number of carbonyl (C=O) groups excluding carboxylic acids is 2. The van der Waals surface area contributed by atoms with Gasteiger partial charge in [0.15, 0.2) is 0 Å². The summed E-state index contributed by atoms with van der Waals surface area (Å²) in [6.45, 7) is 3.67. The molecule has 1 aliphatic rings. The molecule has 0 unspecified atom stereocenters. The molecule has 0 aliphatic heterocycles. The van der Waals surface area contributed by atoms with Crippen molar-refractivity contribution < 1.29 is 24.5 Å². The zero-order valence-corrected chi connectivity index (χ0v) is 18.9. The van der Waals surface area contributed by atoms with Gasteiger partial charge in [0.05, 0.1) is 18.3 Å². The molecule has 0 radical (unpaired) electrons. The van der Waals surface area contributed by atoms with Gasteiger partial charge in [-0.2, -0.15) is 0 Å². The molecular weight excluding hydrogens is 392 g/mol. The first kappa shape index (κ1) is 25.3. The van der Waals surface area contributed by atoms with Crippen molar-refractivity contribution in [3.8, 4) is 0 Å². The fraction of sp³-hybridized carbons (Fsp3) is 0.615. The molecule has 0 amide bonds. The van der Waals surface area contributed by atoms with Gasteiger partial charge in [0.2, 0.25) is 0 Å². The van der Waals surface area contributed by atoms with Crippen LogP contribution in [0.5, 0.6) is 0 Å². The second-order valence-electron chi connectivity index (χ2n) is 8.90. The lowest BCUT2D eigenvalue weighted by Gasteiger charge is -2.21. The summed E-state index contributed by atoms with van der Waals surface area (Å²) in [7, 11) is 0. The van der Waals surface area contributed by atoms with E-state index in [-0.39, 0.29) is 36.1 Å². The fourth-order valence-electron chi connectivity index (χ4n) is 4.27. The van der Waals surface area contributed by atoms with Gasteiger partial charge in [0, 0.05) is 18.8 Å². The van der Waals surface area contributed by atoms with Crippen LogP contribution in [0, 0.1) is 11.8 Å². The van der Waals surface area contributed by atoms with E-state index >= 15 is 0 Å². The van der Waals surface area contributed by atoms with Crippen molar-refractivity contribution in [1.82, 2.24) is 0 Å². The van der Waals surface area contributed by atoms with Gasteiger partial charge in [-0.1, -0.05) is 42.5 Å². The Morgan fingerprint density at radius 3 is 2.65 bits per heavy atom. The van der Waals surface area contributed by atoms with Crippen molar-refractivity contribution >= 4 is 11.8 Å². The lowest BCUT2D eigenvalue weighted by molar-refractivity contribution is -0.147. The molecule has 1 fully saturated rings. The summed E-state index contributed by atoms with van der Waals surface area (Å²) in [6, 6.07) is 10.1. The number of carbonyl (C=O) groups is 2. The number of ether oxygens (including phenoxy) is 1. The fourth-order valence-corrected chi connectivity index (χ4v) is 4.27. The predicted molar refractivity (Wildman–Crippen MR) is 121 cm³/mol. The first-order chi connectivity index (χ1) is 14.9. The molecule has 1 saturated carbocycles. The molecule has 5 heteroatoms. The molecule has 0 heterocycles. The van der Waals surface area contributed by atoms with Crippen molar-refractivity contribution in [3.63, 3.8) is 0 Å². The van der Waals surface area contributed by atoms with E-state index in [4.69, 9.17) is 4.74 Å². The maximum atomic E-state index is 12.3. The molecular formula is C26H38O5. The summed E-state index contributed by atoms with van der Waals surface area (Å²) in [6.07, 6.45) is 8.34. The third kappa shape index (κ3) is 9.36. The average Bonchev–Trinajstić information content (AvgIpc) is 3.00. The number of aryl methyl sites for hydroxylation is 1. The largest absolute Gasteiger partial charge is 0.463 e. The minimum atomic E-state index is -0.613. The van der Waals surface area contributed by atoms with Gasteiger partial charge < -0.3 is 14.9 Å². The highest BCUT2D eigenvalue weighted by molar-refractivity contribution is 5.84. The number of benzene rings is 1. The average molecular weight is 431 g/mol. The van der Waals surface area contributed by atoms with Crippen LogP contribution in [0.25, 0.3) is 0 Å². The lowest BCUT2D eigenvalue weighted by atomic mass is 9.86. The molecule has 0 aromatic heterocycles. The van der Waals surface area contributed by atoms with Crippen LogP contribution in [0.15, 0.2) is 42.5 Å². The van der Waals surface area contributed by atoms with Crippen molar-refractivity contribution in [2.45, 2.75) is 89.9 Å². The molecule has 172 valence electrons. The molecule has 1 aromatic carbocycles. The second-order valence-corrected chi connectivity index (χ2v) is 8.90. The Morgan fingerprint density at radius 1 is 1.19 bits per heavy atom. The Bertz CT molecular complexity index is 697. The maximum Gasteiger partial charge on any atom is 0.306 e. The molecule has 0 spiro atoms. The summed E-state index contributed by atoms with van der Waals surface area (Å²) in [4.78, 5) is 23.9. The van der Waals surface area contributed by atoms with Crippen molar-refractivity contribution in [1.29, 1.82) is 0 Å². The van der Waals surface area contributed by atoms with E-state index in [1.165, 1.54) is 5.56 Å². The first-order valence-electron chi connectivity index (χ1n) is 11.6. The van der Waals surface area contributed by atoms with E-state index in [2.05, 4.69) is 12.1 Å².